The van der Waals surface area contributed by atoms with Crippen molar-refractivity contribution in [3.05, 3.63) is 0 Å². The molecule has 0 heterocycles. The maximum absolute atomic E-state index is 10.7. The number of aliphatic hydroxyl groups is 1. The molecule has 0 aromatic carbocycles. The third-order valence-electron chi connectivity index (χ3n) is 11.1. The Morgan fingerprint density at radius 3 is 1.91 bits per heavy atom. The summed E-state index contributed by atoms with van der Waals surface area (Å²) in [7, 11) is -3.89. The number of fused-ring (bicyclic) bond motifs is 1. The molecule has 5 heteroatoms. The Bertz CT molecular complexity index is 703. The second kappa shape index (κ2) is 10.5. The van der Waals surface area contributed by atoms with E-state index in [2.05, 4.69) is 95.4 Å². The number of hydrogen-bond donors (Lipinski definition) is 1. The van der Waals surface area contributed by atoms with Gasteiger partial charge in [0.25, 0.3) is 0 Å². The lowest BCUT2D eigenvalue weighted by Crippen LogP contribution is -2.56. The molecule has 0 aromatic heterocycles. The van der Waals surface area contributed by atoms with Crippen molar-refractivity contribution in [3.8, 4) is 0 Å². The fourth-order valence-electron chi connectivity index (χ4n) is 6.70. The largest absolute Gasteiger partial charge is 0.411 e. The first kappa shape index (κ1) is 31.5. The molecule has 35 heavy (non-hydrogen) atoms. The van der Waals surface area contributed by atoms with Crippen molar-refractivity contribution in [1.82, 2.24) is 0 Å². The number of rotatable bonds is 9. The van der Waals surface area contributed by atoms with Gasteiger partial charge in [-0.1, -0.05) is 61.8 Å². The van der Waals surface area contributed by atoms with Gasteiger partial charge in [0.1, 0.15) is 0 Å². The summed E-state index contributed by atoms with van der Waals surface area (Å²) in [6.07, 6.45) is 8.19. The summed E-state index contributed by atoms with van der Waals surface area (Å²) in [6, 6.07) is 0. The molecule has 0 spiro atoms. The van der Waals surface area contributed by atoms with Crippen molar-refractivity contribution in [2.24, 2.45) is 23.2 Å². The van der Waals surface area contributed by atoms with Crippen LogP contribution in [-0.2, 0) is 8.85 Å². The van der Waals surface area contributed by atoms with E-state index in [4.69, 9.17) is 8.85 Å². The topological polar surface area (TPSA) is 38.7 Å². The minimum Gasteiger partial charge on any atom is -0.411 e. The summed E-state index contributed by atoms with van der Waals surface area (Å²) < 4.78 is 14.3. The Labute approximate surface area is 221 Å². The summed E-state index contributed by atoms with van der Waals surface area (Å²) in [4.78, 5) is 0. The molecule has 2 rings (SSSR count). The highest BCUT2D eigenvalue weighted by atomic mass is 28.4. The molecular formula is C30H62O3Si2. The van der Waals surface area contributed by atoms with Crippen LogP contribution in [0.3, 0.4) is 0 Å². The van der Waals surface area contributed by atoms with Crippen molar-refractivity contribution >= 4 is 16.6 Å². The first-order valence-corrected chi connectivity index (χ1v) is 20.4. The third kappa shape index (κ3) is 6.85. The molecule has 2 saturated carbocycles. The average molecular weight is 527 g/mol. The van der Waals surface area contributed by atoms with Crippen LogP contribution in [0.2, 0.25) is 36.3 Å². The summed E-state index contributed by atoms with van der Waals surface area (Å²) in [5.74, 6) is 1.85. The van der Waals surface area contributed by atoms with Gasteiger partial charge in [-0.25, -0.2) is 0 Å². The fraction of sp³-hybridized carbons (Fsp3) is 1.00. The lowest BCUT2D eigenvalue weighted by atomic mass is 9.61. The maximum atomic E-state index is 10.7. The van der Waals surface area contributed by atoms with Crippen molar-refractivity contribution < 1.29 is 14.0 Å². The molecule has 0 radical (unpaired) electrons. The van der Waals surface area contributed by atoms with Gasteiger partial charge in [-0.2, -0.15) is 0 Å². The molecule has 0 aromatic rings. The predicted molar refractivity (Wildman–Crippen MR) is 157 cm³/mol. The minimum atomic E-state index is -1.95. The van der Waals surface area contributed by atoms with E-state index in [9.17, 15) is 5.11 Å². The second-order valence-electron chi connectivity index (χ2n) is 16.1. The molecule has 208 valence electrons. The zero-order chi connectivity index (χ0) is 27.3. The Morgan fingerprint density at radius 2 is 1.40 bits per heavy atom. The molecule has 0 saturated heterocycles. The van der Waals surface area contributed by atoms with E-state index in [0.717, 1.165) is 12.8 Å². The number of aliphatic hydroxyl groups excluding tert-OH is 1. The van der Waals surface area contributed by atoms with Crippen LogP contribution in [0.1, 0.15) is 114 Å². The Hall–Kier alpha value is 0.314. The Kier molecular flexibility index (Phi) is 9.43. The molecule has 0 bridgehead atoms. The van der Waals surface area contributed by atoms with Crippen molar-refractivity contribution in [1.29, 1.82) is 0 Å². The summed E-state index contributed by atoms with van der Waals surface area (Å²) >= 11 is 0. The molecule has 6 atom stereocenters. The lowest BCUT2D eigenvalue weighted by molar-refractivity contribution is -0.0447. The average Bonchev–Trinajstić information content (AvgIpc) is 3.00. The second-order valence-corrected chi connectivity index (χ2v) is 25.6. The van der Waals surface area contributed by atoms with E-state index in [1.54, 1.807) is 0 Å². The standard InChI is InChI=1S/C30H62O3Si2/c1-22(23-18-19-24-25(31)16-15-21-30(23,24)10)17-20-26(32-34(11,12)27(2,3)4)29(8,9)33-35(13,14)28(5,6)7/h22-26,31H,15-21H2,1-14H3. The zero-order valence-corrected chi connectivity index (χ0v) is 28.1. The molecule has 0 aliphatic heterocycles. The smallest absolute Gasteiger partial charge is 0.192 e. The normalized spacial score (nSPS) is 30.8. The molecule has 2 aliphatic carbocycles. The van der Waals surface area contributed by atoms with Crippen molar-refractivity contribution in [2.75, 3.05) is 0 Å². The van der Waals surface area contributed by atoms with Crippen LogP contribution >= 0.6 is 0 Å². The van der Waals surface area contributed by atoms with Crippen molar-refractivity contribution in [2.45, 2.75) is 168 Å². The van der Waals surface area contributed by atoms with Gasteiger partial charge in [0.2, 0.25) is 0 Å². The van der Waals surface area contributed by atoms with Gasteiger partial charge in [-0.05, 0) is 112 Å². The summed E-state index contributed by atoms with van der Waals surface area (Å²) in [5, 5.41) is 11.1. The minimum absolute atomic E-state index is 0.0856. The monoisotopic (exact) mass is 526 g/mol. The highest BCUT2D eigenvalue weighted by Crippen LogP contribution is 2.58. The van der Waals surface area contributed by atoms with E-state index in [-0.39, 0.29) is 27.9 Å². The number of hydrogen-bond acceptors (Lipinski definition) is 3. The molecule has 2 aliphatic rings. The van der Waals surface area contributed by atoms with Crippen LogP contribution in [0.15, 0.2) is 0 Å². The molecule has 3 nitrogen and oxygen atoms in total. The first-order valence-electron chi connectivity index (χ1n) is 14.6. The Morgan fingerprint density at radius 1 is 0.857 bits per heavy atom. The van der Waals surface area contributed by atoms with E-state index >= 15 is 0 Å². The summed E-state index contributed by atoms with van der Waals surface area (Å²) in [5.41, 5.74) is -0.0125. The van der Waals surface area contributed by atoms with E-state index in [0.29, 0.717) is 23.2 Å². The highest BCUT2D eigenvalue weighted by Gasteiger charge is 2.53. The van der Waals surface area contributed by atoms with E-state index in [1.807, 2.05) is 0 Å². The van der Waals surface area contributed by atoms with E-state index < -0.39 is 16.6 Å². The van der Waals surface area contributed by atoms with Gasteiger partial charge in [0.15, 0.2) is 16.6 Å². The molecular weight excluding hydrogens is 464 g/mol. The lowest BCUT2D eigenvalue weighted by Gasteiger charge is -2.49. The van der Waals surface area contributed by atoms with Gasteiger partial charge < -0.3 is 14.0 Å². The molecule has 0 amide bonds. The van der Waals surface area contributed by atoms with Crippen LogP contribution in [0.25, 0.3) is 0 Å². The van der Waals surface area contributed by atoms with Crippen molar-refractivity contribution in [3.63, 3.8) is 0 Å². The molecule has 1 N–H and O–H groups in total. The predicted octanol–water partition coefficient (Wildman–Crippen LogP) is 9.17. The van der Waals surface area contributed by atoms with Crippen LogP contribution < -0.4 is 0 Å². The summed E-state index contributed by atoms with van der Waals surface area (Å²) in [6.45, 7) is 33.1. The van der Waals surface area contributed by atoms with Crippen LogP contribution in [0.5, 0.6) is 0 Å². The molecule has 2 fully saturated rings. The van der Waals surface area contributed by atoms with Gasteiger partial charge >= 0.3 is 0 Å². The van der Waals surface area contributed by atoms with Crippen LogP contribution in [-0.4, -0.2) is 39.6 Å². The SMILES string of the molecule is CC(CCC(O[Si](C)(C)C(C)(C)C)C(C)(C)O[Si](C)(C)C(C)(C)C)C1CCC2C(O)CCCC12C. The van der Waals surface area contributed by atoms with Crippen LogP contribution in [0.4, 0.5) is 0 Å². The Balaban J connectivity index is 2.24. The zero-order valence-electron chi connectivity index (χ0n) is 26.1. The fourth-order valence-corrected chi connectivity index (χ4v) is 9.92. The maximum Gasteiger partial charge on any atom is 0.192 e. The first-order chi connectivity index (χ1) is 15.6. The van der Waals surface area contributed by atoms with E-state index in [1.165, 1.54) is 32.1 Å². The van der Waals surface area contributed by atoms with Gasteiger partial charge in [-0.3, -0.25) is 0 Å². The van der Waals surface area contributed by atoms with Gasteiger partial charge in [0.05, 0.1) is 17.8 Å². The van der Waals surface area contributed by atoms with Gasteiger partial charge in [-0.15, -0.1) is 0 Å². The highest BCUT2D eigenvalue weighted by molar-refractivity contribution is 6.74. The quantitative estimate of drug-likeness (QED) is 0.304. The van der Waals surface area contributed by atoms with Crippen LogP contribution in [0, 0.1) is 23.2 Å². The third-order valence-corrected chi connectivity index (χ3v) is 20.2. The van der Waals surface area contributed by atoms with Gasteiger partial charge in [0, 0.05) is 0 Å². The molecule has 6 unspecified atom stereocenters.